The molecule has 0 aromatic rings. The Balaban J connectivity index is 2.15. The molecule has 0 aromatic heterocycles. The zero-order valence-electron chi connectivity index (χ0n) is 15.2. The summed E-state index contributed by atoms with van der Waals surface area (Å²) in [6.07, 6.45) is 14.8. The van der Waals surface area contributed by atoms with Gasteiger partial charge in [-0.15, -0.1) is 0 Å². The molecule has 2 fully saturated rings. The average Bonchev–Trinajstić information content (AvgIpc) is 3.11. The molecule has 2 unspecified atom stereocenters. The largest absolute Gasteiger partial charge is 0.394 e. The van der Waals surface area contributed by atoms with E-state index in [-0.39, 0.29) is 0 Å². The van der Waals surface area contributed by atoms with E-state index in [1.807, 2.05) is 0 Å². The lowest BCUT2D eigenvalue weighted by molar-refractivity contribution is 0.122. The van der Waals surface area contributed by atoms with Crippen LogP contribution in [-0.4, -0.2) is 21.8 Å². The predicted octanol–water partition coefficient (Wildman–Crippen LogP) is 6.20. The van der Waals surface area contributed by atoms with Crippen LogP contribution in [0.3, 0.4) is 0 Å². The Morgan fingerprint density at radius 2 is 1.41 bits per heavy atom. The highest BCUT2D eigenvalue weighted by atomic mass is 28.4. The monoisotopic (exact) mass is 326 g/mol. The second kappa shape index (κ2) is 9.44. The SMILES string of the molecule is CCCO[Si](OCC(C)CC)(C1CCCCC1)C1CCCC1. The van der Waals surface area contributed by atoms with Crippen LogP contribution in [0.15, 0.2) is 0 Å². The summed E-state index contributed by atoms with van der Waals surface area (Å²) in [4.78, 5) is 0. The van der Waals surface area contributed by atoms with Gasteiger partial charge < -0.3 is 8.85 Å². The molecule has 0 aromatic carbocycles. The van der Waals surface area contributed by atoms with Gasteiger partial charge in [-0.25, -0.2) is 0 Å². The van der Waals surface area contributed by atoms with E-state index < -0.39 is 8.56 Å². The lowest BCUT2D eigenvalue weighted by Crippen LogP contribution is -2.52. The first kappa shape index (κ1) is 18.5. The van der Waals surface area contributed by atoms with Crippen molar-refractivity contribution in [3.05, 3.63) is 0 Å². The van der Waals surface area contributed by atoms with Gasteiger partial charge in [0.2, 0.25) is 0 Å². The highest BCUT2D eigenvalue weighted by Crippen LogP contribution is 2.50. The third-order valence-corrected chi connectivity index (χ3v) is 10.6. The zero-order chi connectivity index (χ0) is 15.8. The highest BCUT2D eigenvalue weighted by Gasteiger charge is 2.53. The summed E-state index contributed by atoms with van der Waals surface area (Å²) in [6.45, 7) is 8.69. The minimum absolute atomic E-state index is 0.669. The van der Waals surface area contributed by atoms with Crippen molar-refractivity contribution in [1.82, 2.24) is 0 Å². The van der Waals surface area contributed by atoms with Crippen molar-refractivity contribution in [2.24, 2.45) is 5.92 Å². The molecule has 3 heteroatoms. The maximum atomic E-state index is 6.82. The van der Waals surface area contributed by atoms with Gasteiger partial charge in [0.1, 0.15) is 0 Å². The van der Waals surface area contributed by atoms with E-state index in [1.54, 1.807) is 0 Å². The Morgan fingerprint density at radius 1 is 0.864 bits per heavy atom. The molecule has 0 amide bonds. The second-order valence-electron chi connectivity index (χ2n) is 7.71. The Morgan fingerprint density at radius 3 is 1.91 bits per heavy atom. The lowest BCUT2D eigenvalue weighted by atomic mass is 10.0. The van der Waals surface area contributed by atoms with Gasteiger partial charge in [0.15, 0.2) is 0 Å². The molecule has 2 aliphatic rings. The minimum atomic E-state index is -2.06. The summed E-state index contributed by atoms with van der Waals surface area (Å²) in [5.74, 6) is 0.669. The Labute approximate surface area is 139 Å². The van der Waals surface area contributed by atoms with Crippen molar-refractivity contribution in [3.63, 3.8) is 0 Å². The van der Waals surface area contributed by atoms with Crippen LogP contribution in [0.2, 0.25) is 11.1 Å². The van der Waals surface area contributed by atoms with Gasteiger partial charge in [0.05, 0.1) is 0 Å². The molecular weight excluding hydrogens is 288 g/mol. The van der Waals surface area contributed by atoms with Crippen molar-refractivity contribution >= 4 is 8.56 Å². The fourth-order valence-corrected chi connectivity index (χ4v) is 9.52. The zero-order valence-corrected chi connectivity index (χ0v) is 16.2. The standard InChI is InChI=1S/C19H38O2Si/c1-4-15-20-22(19-13-9-10-14-19,21-16-17(3)5-2)18-11-7-6-8-12-18/h17-19H,4-16H2,1-3H3. The first-order chi connectivity index (χ1) is 10.7. The molecule has 0 radical (unpaired) electrons. The maximum Gasteiger partial charge on any atom is 0.344 e. The normalized spacial score (nSPS) is 25.2. The van der Waals surface area contributed by atoms with Crippen LogP contribution < -0.4 is 0 Å². The number of hydrogen-bond donors (Lipinski definition) is 0. The van der Waals surface area contributed by atoms with Crippen LogP contribution in [0.5, 0.6) is 0 Å². The van der Waals surface area contributed by atoms with E-state index in [2.05, 4.69) is 20.8 Å². The van der Waals surface area contributed by atoms with E-state index in [4.69, 9.17) is 8.85 Å². The lowest BCUT2D eigenvalue weighted by Gasteiger charge is -2.43. The first-order valence-corrected chi connectivity index (χ1v) is 12.0. The number of rotatable bonds is 9. The van der Waals surface area contributed by atoms with E-state index in [1.165, 1.54) is 64.2 Å². The summed E-state index contributed by atoms with van der Waals surface area (Å²) in [5.41, 5.74) is 1.53. The fourth-order valence-electron chi connectivity index (χ4n) is 4.33. The van der Waals surface area contributed by atoms with Crippen LogP contribution in [0, 0.1) is 5.92 Å². The first-order valence-electron chi connectivity index (χ1n) is 10.0. The van der Waals surface area contributed by atoms with Crippen molar-refractivity contribution in [2.75, 3.05) is 13.2 Å². The molecule has 130 valence electrons. The Hall–Kier alpha value is 0.137. The molecule has 0 saturated heterocycles. The van der Waals surface area contributed by atoms with E-state index in [0.717, 1.165) is 30.7 Å². The van der Waals surface area contributed by atoms with Crippen LogP contribution >= 0.6 is 0 Å². The van der Waals surface area contributed by atoms with Gasteiger partial charge in [-0.05, 0) is 38.0 Å². The van der Waals surface area contributed by atoms with Crippen LogP contribution in [-0.2, 0) is 8.85 Å². The van der Waals surface area contributed by atoms with Crippen LogP contribution in [0.1, 0.15) is 91.4 Å². The van der Waals surface area contributed by atoms with Crippen molar-refractivity contribution in [3.8, 4) is 0 Å². The molecule has 0 aliphatic heterocycles. The van der Waals surface area contributed by atoms with Crippen molar-refractivity contribution < 1.29 is 8.85 Å². The average molecular weight is 327 g/mol. The van der Waals surface area contributed by atoms with Gasteiger partial charge in [-0.3, -0.25) is 0 Å². The smallest absolute Gasteiger partial charge is 0.344 e. The van der Waals surface area contributed by atoms with Gasteiger partial charge in [0, 0.05) is 24.3 Å². The molecular formula is C19H38O2Si. The number of hydrogen-bond acceptors (Lipinski definition) is 2. The summed E-state index contributed by atoms with van der Waals surface area (Å²) < 4.78 is 13.5. The van der Waals surface area contributed by atoms with E-state index in [0.29, 0.717) is 5.92 Å². The van der Waals surface area contributed by atoms with Crippen LogP contribution in [0.25, 0.3) is 0 Å². The molecule has 2 atom stereocenters. The van der Waals surface area contributed by atoms with Gasteiger partial charge in [-0.1, -0.05) is 59.3 Å². The van der Waals surface area contributed by atoms with Gasteiger partial charge >= 0.3 is 8.56 Å². The molecule has 0 heterocycles. The Bertz CT molecular complexity index is 298. The third kappa shape index (κ3) is 4.58. The molecule has 22 heavy (non-hydrogen) atoms. The van der Waals surface area contributed by atoms with E-state index >= 15 is 0 Å². The van der Waals surface area contributed by atoms with E-state index in [9.17, 15) is 0 Å². The molecule has 2 saturated carbocycles. The fraction of sp³-hybridized carbons (Fsp3) is 1.00. The van der Waals surface area contributed by atoms with Crippen molar-refractivity contribution in [2.45, 2.75) is 102 Å². The summed E-state index contributed by atoms with van der Waals surface area (Å²) in [6, 6.07) is 0. The molecule has 0 spiro atoms. The maximum absolute atomic E-state index is 6.82. The highest BCUT2D eigenvalue weighted by molar-refractivity contribution is 6.70. The molecule has 2 aliphatic carbocycles. The van der Waals surface area contributed by atoms with Crippen LogP contribution in [0.4, 0.5) is 0 Å². The van der Waals surface area contributed by atoms with Crippen molar-refractivity contribution in [1.29, 1.82) is 0 Å². The molecule has 2 nitrogen and oxygen atoms in total. The second-order valence-corrected chi connectivity index (χ2v) is 11.4. The molecule has 0 bridgehead atoms. The topological polar surface area (TPSA) is 18.5 Å². The third-order valence-electron chi connectivity index (χ3n) is 5.92. The summed E-state index contributed by atoms with van der Waals surface area (Å²) in [5, 5.41) is 0. The molecule has 2 rings (SSSR count). The van der Waals surface area contributed by atoms with Gasteiger partial charge in [0.25, 0.3) is 0 Å². The summed E-state index contributed by atoms with van der Waals surface area (Å²) >= 11 is 0. The molecule has 0 N–H and O–H groups in total. The summed E-state index contributed by atoms with van der Waals surface area (Å²) in [7, 11) is -2.06. The van der Waals surface area contributed by atoms with Gasteiger partial charge in [-0.2, -0.15) is 0 Å². The predicted molar refractivity (Wildman–Crippen MR) is 96.5 cm³/mol. The minimum Gasteiger partial charge on any atom is -0.394 e. The Kier molecular flexibility index (Phi) is 7.92. The quantitative estimate of drug-likeness (QED) is 0.470.